The molecule has 1 rings (SSSR count). The van der Waals surface area contributed by atoms with Gasteiger partial charge in [-0.3, -0.25) is 0 Å². The summed E-state index contributed by atoms with van der Waals surface area (Å²) in [7, 11) is 0. The summed E-state index contributed by atoms with van der Waals surface area (Å²) in [5.41, 5.74) is 0.114. The van der Waals surface area contributed by atoms with Gasteiger partial charge in [0, 0.05) is 5.56 Å². The third-order valence-corrected chi connectivity index (χ3v) is 1.86. The summed E-state index contributed by atoms with van der Waals surface area (Å²) in [6, 6.07) is 6.52. The van der Waals surface area contributed by atoms with Crippen LogP contribution in [-0.2, 0) is 0 Å². The number of aromatic carboxylic acids is 1. The fourth-order valence-corrected chi connectivity index (χ4v) is 1.09. The van der Waals surface area contributed by atoms with Crippen LogP contribution in [-0.4, -0.2) is 12.6 Å². The van der Waals surface area contributed by atoms with E-state index >= 15 is 0 Å². The molecule has 3 heteroatoms. The Morgan fingerprint density at radius 2 is 2.14 bits per heavy atom. The zero-order valence-corrected chi connectivity index (χ0v) is 8.16. The van der Waals surface area contributed by atoms with Crippen molar-refractivity contribution in [1.29, 1.82) is 0 Å². The van der Waals surface area contributed by atoms with E-state index in [1.807, 2.05) is 6.92 Å². The first-order chi connectivity index (χ1) is 6.75. The Labute approximate surface area is 83.3 Å². The molecule has 0 aromatic heterocycles. The van der Waals surface area contributed by atoms with Gasteiger partial charge in [0.2, 0.25) is 0 Å². The van der Waals surface area contributed by atoms with Gasteiger partial charge in [-0.2, -0.15) is 0 Å². The quantitative estimate of drug-likeness (QED) is 0.661. The van der Waals surface area contributed by atoms with Crippen LogP contribution in [0, 0.1) is 0 Å². The molecule has 0 atom stereocenters. The monoisotopic (exact) mass is 193 g/mol. The van der Waals surface area contributed by atoms with Crippen LogP contribution in [0.1, 0.15) is 30.1 Å². The summed E-state index contributed by atoms with van der Waals surface area (Å²) in [5, 5.41) is 10.7. The minimum absolute atomic E-state index is 0.114. The topological polar surface area (TPSA) is 49.4 Å². The molecule has 0 aliphatic rings. The standard InChI is InChI=1S/C11H14O3/c1-2-3-8-14-10-7-5-4-6-9(10)11(12)13/h4-7H,2-3,8H2,1H3,(H,12,13)/p-1. The smallest absolute Gasteiger partial charge is 0.128 e. The molecule has 1 aromatic rings. The van der Waals surface area contributed by atoms with Crippen LogP contribution >= 0.6 is 0 Å². The number of carboxylic acid groups (broad SMARTS) is 1. The number of carbonyl (C=O) groups excluding carboxylic acids is 1. The lowest BCUT2D eigenvalue weighted by molar-refractivity contribution is -0.255. The lowest BCUT2D eigenvalue weighted by Gasteiger charge is -2.11. The minimum atomic E-state index is -1.20. The fourth-order valence-electron chi connectivity index (χ4n) is 1.09. The maximum atomic E-state index is 10.7. The number of para-hydroxylation sites is 1. The molecule has 0 bridgehead atoms. The second-order valence-corrected chi connectivity index (χ2v) is 2.99. The van der Waals surface area contributed by atoms with E-state index in [1.165, 1.54) is 6.07 Å². The fraction of sp³-hybridized carbons (Fsp3) is 0.364. The van der Waals surface area contributed by atoms with Crippen LogP contribution in [0.15, 0.2) is 24.3 Å². The van der Waals surface area contributed by atoms with Gasteiger partial charge in [0.1, 0.15) is 5.75 Å². The number of carbonyl (C=O) groups is 1. The number of hydrogen-bond donors (Lipinski definition) is 0. The van der Waals surface area contributed by atoms with Crippen molar-refractivity contribution in [2.45, 2.75) is 19.8 Å². The van der Waals surface area contributed by atoms with Gasteiger partial charge in [-0.25, -0.2) is 0 Å². The summed E-state index contributed by atoms with van der Waals surface area (Å²) in [5.74, 6) is -0.807. The molecule has 0 fully saturated rings. The van der Waals surface area contributed by atoms with Gasteiger partial charge in [0.05, 0.1) is 12.6 Å². The first kappa shape index (κ1) is 10.6. The third-order valence-electron chi connectivity index (χ3n) is 1.86. The molecule has 0 aliphatic carbocycles. The van der Waals surface area contributed by atoms with Crippen molar-refractivity contribution in [3.05, 3.63) is 29.8 Å². The molecule has 3 nitrogen and oxygen atoms in total. The first-order valence-electron chi connectivity index (χ1n) is 4.69. The van der Waals surface area contributed by atoms with Crippen molar-refractivity contribution in [1.82, 2.24) is 0 Å². The Morgan fingerprint density at radius 3 is 2.79 bits per heavy atom. The third kappa shape index (κ3) is 2.76. The number of unbranched alkanes of at least 4 members (excludes halogenated alkanes) is 1. The maximum Gasteiger partial charge on any atom is 0.128 e. The molecular weight excluding hydrogens is 180 g/mol. The SMILES string of the molecule is CCCCOc1ccccc1C(=O)[O-]. The van der Waals surface area contributed by atoms with E-state index in [-0.39, 0.29) is 5.56 Å². The Kier molecular flexibility index (Phi) is 3.98. The summed E-state index contributed by atoms with van der Waals surface area (Å²) in [6.07, 6.45) is 1.94. The van der Waals surface area contributed by atoms with Gasteiger partial charge in [-0.05, 0) is 18.6 Å². The molecule has 0 unspecified atom stereocenters. The Bertz CT molecular complexity index is 307. The molecule has 0 saturated heterocycles. The highest BCUT2D eigenvalue weighted by molar-refractivity contribution is 5.89. The normalized spacial score (nSPS) is 9.79. The van der Waals surface area contributed by atoms with Gasteiger partial charge in [0.25, 0.3) is 0 Å². The number of hydrogen-bond acceptors (Lipinski definition) is 3. The van der Waals surface area contributed by atoms with E-state index in [0.29, 0.717) is 12.4 Å². The summed E-state index contributed by atoms with van der Waals surface area (Å²) >= 11 is 0. The van der Waals surface area contributed by atoms with Crippen molar-refractivity contribution in [2.24, 2.45) is 0 Å². The van der Waals surface area contributed by atoms with E-state index in [2.05, 4.69) is 0 Å². The van der Waals surface area contributed by atoms with Crippen molar-refractivity contribution in [3.8, 4) is 5.75 Å². The van der Waals surface area contributed by atoms with Crippen molar-refractivity contribution in [3.63, 3.8) is 0 Å². The average molecular weight is 193 g/mol. The minimum Gasteiger partial charge on any atom is -0.545 e. The average Bonchev–Trinajstić information content (AvgIpc) is 2.19. The van der Waals surface area contributed by atoms with Crippen LogP contribution < -0.4 is 9.84 Å². The molecule has 0 spiro atoms. The predicted molar refractivity (Wildman–Crippen MR) is 51.2 cm³/mol. The molecule has 0 saturated carbocycles. The zero-order chi connectivity index (χ0) is 10.4. The summed E-state index contributed by atoms with van der Waals surface area (Å²) in [6.45, 7) is 2.59. The number of ether oxygens (including phenoxy) is 1. The zero-order valence-electron chi connectivity index (χ0n) is 8.16. The molecule has 76 valence electrons. The molecule has 0 amide bonds. The van der Waals surface area contributed by atoms with Gasteiger partial charge < -0.3 is 14.6 Å². The molecule has 0 N–H and O–H groups in total. The van der Waals surface area contributed by atoms with Gasteiger partial charge in [-0.15, -0.1) is 0 Å². The van der Waals surface area contributed by atoms with Gasteiger partial charge in [0.15, 0.2) is 0 Å². The largest absolute Gasteiger partial charge is 0.545 e. The number of carboxylic acids is 1. The molecular formula is C11H13O3-. The lowest BCUT2D eigenvalue weighted by atomic mass is 10.2. The van der Waals surface area contributed by atoms with Crippen LogP contribution in [0.2, 0.25) is 0 Å². The van der Waals surface area contributed by atoms with Gasteiger partial charge in [-0.1, -0.05) is 25.5 Å². The molecule has 0 aliphatic heterocycles. The van der Waals surface area contributed by atoms with Crippen LogP contribution in [0.3, 0.4) is 0 Å². The lowest BCUT2D eigenvalue weighted by Crippen LogP contribution is -2.23. The second kappa shape index (κ2) is 5.27. The van der Waals surface area contributed by atoms with E-state index < -0.39 is 5.97 Å². The van der Waals surface area contributed by atoms with Crippen LogP contribution in [0.25, 0.3) is 0 Å². The molecule has 14 heavy (non-hydrogen) atoms. The summed E-state index contributed by atoms with van der Waals surface area (Å²) in [4.78, 5) is 10.7. The van der Waals surface area contributed by atoms with Crippen molar-refractivity contribution in [2.75, 3.05) is 6.61 Å². The highest BCUT2D eigenvalue weighted by atomic mass is 16.5. The van der Waals surface area contributed by atoms with Crippen molar-refractivity contribution < 1.29 is 14.6 Å². The Hall–Kier alpha value is -1.51. The Morgan fingerprint density at radius 1 is 1.43 bits per heavy atom. The molecule has 0 heterocycles. The van der Waals surface area contributed by atoms with E-state index in [0.717, 1.165) is 12.8 Å². The first-order valence-corrected chi connectivity index (χ1v) is 4.69. The maximum absolute atomic E-state index is 10.7. The number of rotatable bonds is 5. The highest BCUT2D eigenvalue weighted by Crippen LogP contribution is 2.17. The van der Waals surface area contributed by atoms with Crippen molar-refractivity contribution >= 4 is 5.97 Å². The predicted octanol–water partition coefficient (Wildman–Crippen LogP) is 1.23. The van der Waals surface area contributed by atoms with E-state index in [4.69, 9.17) is 4.74 Å². The van der Waals surface area contributed by atoms with Crippen LogP contribution in [0.4, 0.5) is 0 Å². The highest BCUT2D eigenvalue weighted by Gasteiger charge is 2.02. The summed E-state index contributed by atoms with van der Waals surface area (Å²) < 4.78 is 5.32. The van der Waals surface area contributed by atoms with E-state index in [1.54, 1.807) is 18.2 Å². The number of benzene rings is 1. The second-order valence-electron chi connectivity index (χ2n) is 2.99. The Balaban J connectivity index is 2.69. The van der Waals surface area contributed by atoms with Gasteiger partial charge >= 0.3 is 0 Å². The molecule has 1 aromatic carbocycles. The molecule has 0 radical (unpaired) electrons. The van der Waals surface area contributed by atoms with E-state index in [9.17, 15) is 9.90 Å². The van der Waals surface area contributed by atoms with Crippen LogP contribution in [0.5, 0.6) is 5.75 Å².